The number of rotatable bonds is 2. The summed E-state index contributed by atoms with van der Waals surface area (Å²) in [5.41, 5.74) is 7.57. The molecule has 3 nitrogen and oxygen atoms in total. The summed E-state index contributed by atoms with van der Waals surface area (Å²) in [5.74, 6) is 0. The van der Waals surface area contributed by atoms with Gasteiger partial charge in [-0.05, 0) is 24.7 Å². The SMILES string of the molecule is CCN1CCN(c2c[c]c(N)cc2)CC1. The second-order valence-electron chi connectivity index (χ2n) is 3.92. The molecule has 0 bridgehead atoms. The van der Waals surface area contributed by atoms with Crippen LogP contribution in [0.15, 0.2) is 18.2 Å². The Balaban J connectivity index is 1.98. The summed E-state index contributed by atoms with van der Waals surface area (Å²) >= 11 is 0. The van der Waals surface area contributed by atoms with Crippen LogP contribution in [0.25, 0.3) is 0 Å². The molecule has 1 aromatic rings. The summed E-state index contributed by atoms with van der Waals surface area (Å²) in [7, 11) is 0. The molecule has 1 aliphatic rings. The van der Waals surface area contributed by atoms with E-state index in [2.05, 4.69) is 28.9 Å². The van der Waals surface area contributed by atoms with E-state index >= 15 is 0 Å². The van der Waals surface area contributed by atoms with E-state index in [-0.39, 0.29) is 0 Å². The van der Waals surface area contributed by atoms with Crippen LogP contribution in [0.4, 0.5) is 11.4 Å². The average Bonchev–Trinajstić information content (AvgIpc) is 2.30. The first kappa shape index (κ1) is 10.3. The standard InChI is InChI=1S/C12H18N3/c1-2-14-7-9-15(10-8-14)12-5-3-11(13)4-6-12/h3,5-6H,2,7-10,13H2,1H3. The summed E-state index contributed by atoms with van der Waals surface area (Å²) in [6, 6.07) is 9.02. The zero-order valence-electron chi connectivity index (χ0n) is 9.24. The Labute approximate surface area is 91.5 Å². The van der Waals surface area contributed by atoms with Gasteiger partial charge in [-0.3, -0.25) is 0 Å². The molecule has 3 heteroatoms. The van der Waals surface area contributed by atoms with Crippen molar-refractivity contribution in [3.63, 3.8) is 0 Å². The van der Waals surface area contributed by atoms with E-state index in [1.807, 2.05) is 12.1 Å². The van der Waals surface area contributed by atoms with E-state index in [1.165, 1.54) is 5.69 Å². The fourth-order valence-electron chi connectivity index (χ4n) is 1.95. The maximum absolute atomic E-state index is 5.62. The zero-order valence-corrected chi connectivity index (χ0v) is 9.24. The highest BCUT2D eigenvalue weighted by Gasteiger charge is 2.15. The number of benzene rings is 1. The molecule has 0 atom stereocenters. The lowest BCUT2D eigenvalue weighted by Gasteiger charge is -2.35. The molecule has 2 N–H and O–H groups in total. The smallest absolute Gasteiger partial charge is 0.0396 e. The molecule has 0 aliphatic carbocycles. The monoisotopic (exact) mass is 204 g/mol. The van der Waals surface area contributed by atoms with Gasteiger partial charge in [0.15, 0.2) is 0 Å². The Morgan fingerprint density at radius 3 is 2.53 bits per heavy atom. The topological polar surface area (TPSA) is 32.5 Å². The molecule has 1 heterocycles. The van der Waals surface area contributed by atoms with Gasteiger partial charge in [-0.2, -0.15) is 0 Å². The van der Waals surface area contributed by atoms with Gasteiger partial charge in [0.05, 0.1) is 0 Å². The van der Waals surface area contributed by atoms with Crippen LogP contribution in [0.2, 0.25) is 0 Å². The third kappa shape index (κ3) is 2.42. The van der Waals surface area contributed by atoms with Crippen molar-refractivity contribution in [2.45, 2.75) is 6.92 Å². The average molecular weight is 204 g/mol. The van der Waals surface area contributed by atoms with E-state index in [0.29, 0.717) is 5.69 Å². The summed E-state index contributed by atoms with van der Waals surface area (Å²) < 4.78 is 0. The van der Waals surface area contributed by atoms with E-state index < -0.39 is 0 Å². The molecule has 0 unspecified atom stereocenters. The first-order chi connectivity index (χ1) is 7.29. The third-order valence-electron chi connectivity index (χ3n) is 3.01. The van der Waals surface area contributed by atoms with Crippen molar-refractivity contribution in [1.29, 1.82) is 0 Å². The van der Waals surface area contributed by atoms with Crippen molar-refractivity contribution in [3.8, 4) is 0 Å². The number of likely N-dealkylation sites (N-methyl/N-ethyl adjacent to an activating group) is 1. The number of nitrogen functional groups attached to an aromatic ring is 1. The fraction of sp³-hybridized carbons (Fsp3) is 0.500. The summed E-state index contributed by atoms with van der Waals surface area (Å²) in [6.45, 7) is 7.88. The molecule has 1 aliphatic heterocycles. The molecule has 0 spiro atoms. The van der Waals surface area contributed by atoms with Crippen LogP contribution in [-0.2, 0) is 0 Å². The van der Waals surface area contributed by atoms with Crippen molar-refractivity contribution < 1.29 is 0 Å². The number of nitrogens with zero attached hydrogens (tertiary/aromatic N) is 2. The Hall–Kier alpha value is -1.22. The maximum atomic E-state index is 5.62. The molecule has 1 fully saturated rings. The molecule has 1 aromatic carbocycles. The first-order valence-electron chi connectivity index (χ1n) is 5.54. The van der Waals surface area contributed by atoms with Gasteiger partial charge in [-0.1, -0.05) is 6.92 Å². The van der Waals surface area contributed by atoms with E-state index in [4.69, 9.17) is 5.73 Å². The number of piperazine rings is 1. The van der Waals surface area contributed by atoms with Crippen LogP contribution >= 0.6 is 0 Å². The summed E-state index contributed by atoms with van der Waals surface area (Å²) in [5, 5.41) is 0. The van der Waals surface area contributed by atoms with Crippen molar-refractivity contribution >= 4 is 11.4 Å². The van der Waals surface area contributed by atoms with Gasteiger partial charge in [0, 0.05) is 43.6 Å². The summed E-state index contributed by atoms with van der Waals surface area (Å²) in [6.07, 6.45) is 0. The molecule has 15 heavy (non-hydrogen) atoms. The van der Waals surface area contributed by atoms with Crippen LogP contribution in [0.5, 0.6) is 0 Å². The Kier molecular flexibility index (Phi) is 3.11. The summed E-state index contributed by atoms with van der Waals surface area (Å²) in [4.78, 5) is 4.86. The highest BCUT2D eigenvalue weighted by Crippen LogP contribution is 2.17. The second kappa shape index (κ2) is 4.53. The maximum Gasteiger partial charge on any atom is 0.0396 e. The van der Waals surface area contributed by atoms with E-state index in [0.717, 1.165) is 32.7 Å². The van der Waals surface area contributed by atoms with Gasteiger partial charge in [0.1, 0.15) is 0 Å². The van der Waals surface area contributed by atoms with Crippen molar-refractivity contribution in [2.24, 2.45) is 0 Å². The van der Waals surface area contributed by atoms with E-state index in [9.17, 15) is 0 Å². The number of hydrogen-bond donors (Lipinski definition) is 1. The number of nitrogens with two attached hydrogens (primary N) is 1. The van der Waals surface area contributed by atoms with Gasteiger partial charge < -0.3 is 15.5 Å². The van der Waals surface area contributed by atoms with Crippen molar-refractivity contribution in [1.82, 2.24) is 4.90 Å². The van der Waals surface area contributed by atoms with Gasteiger partial charge in [0.25, 0.3) is 0 Å². The normalized spacial score (nSPS) is 18.1. The highest BCUT2D eigenvalue weighted by molar-refractivity contribution is 5.52. The second-order valence-corrected chi connectivity index (χ2v) is 3.92. The molecule has 0 aromatic heterocycles. The minimum Gasteiger partial charge on any atom is -0.398 e. The molecule has 81 valence electrons. The van der Waals surface area contributed by atoms with Crippen LogP contribution in [-0.4, -0.2) is 37.6 Å². The lowest BCUT2D eigenvalue weighted by molar-refractivity contribution is 0.271. The molecular formula is C12H18N3. The zero-order chi connectivity index (χ0) is 10.7. The minimum atomic E-state index is 0.714. The highest BCUT2D eigenvalue weighted by atomic mass is 15.3. The first-order valence-corrected chi connectivity index (χ1v) is 5.54. The number of hydrogen-bond acceptors (Lipinski definition) is 3. The van der Waals surface area contributed by atoms with Gasteiger partial charge in [-0.15, -0.1) is 0 Å². The van der Waals surface area contributed by atoms with Gasteiger partial charge in [-0.25, -0.2) is 0 Å². The van der Waals surface area contributed by atoms with E-state index in [1.54, 1.807) is 0 Å². The molecule has 1 saturated heterocycles. The lowest BCUT2D eigenvalue weighted by Crippen LogP contribution is -2.46. The molecule has 2 rings (SSSR count). The third-order valence-corrected chi connectivity index (χ3v) is 3.01. The van der Waals surface area contributed by atoms with Gasteiger partial charge >= 0.3 is 0 Å². The number of anilines is 2. The Morgan fingerprint density at radius 2 is 2.00 bits per heavy atom. The molecule has 0 saturated carbocycles. The van der Waals surface area contributed by atoms with Crippen LogP contribution in [0.1, 0.15) is 6.92 Å². The van der Waals surface area contributed by atoms with Crippen molar-refractivity contribution in [3.05, 3.63) is 24.3 Å². The lowest BCUT2D eigenvalue weighted by atomic mass is 10.2. The Morgan fingerprint density at radius 1 is 1.27 bits per heavy atom. The van der Waals surface area contributed by atoms with Gasteiger partial charge in [0.2, 0.25) is 0 Å². The molecular weight excluding hydrogens is 186 g/mol. The van der Waals surface area contributed by atoms with Crippen molar-refractivity contribution in [2.75, 3.05) is 43.4 Å². The predicted octanol–water partition coefficient (Wildman–Crippen LogP) is 1.21. The van der Waals surface area contributed by atoms with Crippen LogP contribution in [0.3, 0.4) is 0 Å². The molecule has 0 amide bonds. The van der Waals surface area contributed by atoms with Crippen LogP contribution in [0, 0.1) is 6.07 Å². The Bertz CT molecular complexity index is 299. The fourth-order valence-corrected chi connectivity index (χ4v) is 1.95. The van der Waals surface area contributed by atoms with Crippen LogP contribution < -0.4 is 10.6 Å². The predicted molar refractivity (Wildman–Crippen MR) is 64.0 cm³/mol. The largest absolute Gasteiger partial charge is 0.398 e. The quantitative estimate of drug-likeness (QED) is 0.735. The molecule has 1 radical (unpaired) electrons. The minimum absolute atomic E-state index is 0.714.